The molecule has 186 valence electrons. The van der Waals surface area contributed by atoms with Crippen molar-refractivity contribution in [2.45, 2.75) is 19.9 Å². The Balaban J connectivity index is 1.57. The summed E-state index contributed by atoms with van der Waals surface area (Å²) in [5.41, 5.74) is 1.50. The maximum atomic E-state index is 13.1. The van der Waals surface area contributed by atoms with Crippen LogP contribution in [0.3, 0.4) is 0 Å². The predicted molar refractivity (Wildman–Crippen MR) is 127 cm³/mol. The van der Waals surface area contributed by atoms with Gasteiger partial charge in [0.05, 0.1) is 31.1 Å². The molecular formula is C25H30N4O6. The van der Waals surface area contributed by atoms with Gasteiger partial charge in [0.25, 0.3) is 5.91 Å². The number of nitrogens with zero attached hydrogens (tertiary/aromatic N) is 2. The van der Waals surface area contributed by atoms with Crippen molar-refractivity contribution in [3.63, 3.8) is 0 Å². The first-order valence-corrected chi connectivity index (χ1v) is 11.8. The summed E-state index contributed by atoms with van der Waals surface area (Å²) < 4.78 is 16.4. The van der Waals surface area contributed by atoms with E-state index in [2.05, 4.69) is 15.5 Å². The zero-order valence-electron chi connectivity index (χ0n) is 19.9. The summed E-state index contributed by atoms with van der Waals surface area (Å²) in [6.45, 7) is 6.77. The van der Waals surface area contributed by atoms with Crippen LogP contribution in [0.4, 0.5) is 4.79 Å². The molecule has 1 aromatic heterocycles. The summed E-state index contributed by atoms with van der Waals surface area (Å²) in [4.78, 5) is 42.1. The molecule has 10 heteroatoms. The van der Waals surface area contributed by atoms with Crippen LogP contribution in [0, 0.1) is 0 Å². The predicted octanol–water partition coefficient (Wildman–Crippen LogP) is 2.31. The number of ether oxygens (including phenoxy) is 2. The molecular weight excluding hydrogens is 452 g/mol. The van der Waals surface area contributed by atoms with Crippen LogP contribution in [0.1, 0.15) is 36.0 Å². The van der Waals surface area contributed by atoms with Crippen molar-refractivity contribution >= 4 is 17.9 Å². The van der Waals surface area contributed by atoms with Crippen molar-refractivity contribution in [1.82, 2.24) is 20.4 Å². The van der Waals surface area contributed by atoms with Gasteiger partial charge in [-0.2, -0.15) is 0 Å². The second-order valence-corrected chi connectivity index (χ2v) is 8.16. The SMILES string of the molecule is CCOC(=O)C1=C(CN2CCN(C(=O)c3ccco3)CC2)NC(=O)NC1c1ccccc1OCC. The van der Waals surface area contributed by atoms with Crippen molar-refractivity contribution in [3.8, 4) is 5.75 Å². The molecule has 1 saturated heterocycles. The number of hydrogen-bond acceptors (Lipinski definition) is 7. The number of amides is 3. The van der Waals surface area contributed by atoms with Gasteiger partial charge in [0, 0.05) is 44.0 Å². The number of hydrogen-bond donors (Lipinski definition) is 2. The third-order valence-electron chi connectivity index (χ3n) is 5.95. The minimum atomic E-state index is -0.720. The average Bonchev–Trinajstić information content (AvgIpc) is 3.39. The molecule has 0 radical (unpaired) electrons. The topological polar surface area (TPSA) is 113 Å². The molecule has 0 saturated carbocycles. The monoisotopic (exact) mass is 482 g/mol. The summed E-state index contributed by atoms with van der Waals surface area (Å²) in [6, 6.07) is 9.53. The second kappa shape index (κ2) is 11.1. The Morgan fingerprint density at radius 2 is 1.83 bits per heavy atom. The van der Waals surface area contributed by atoms with Crippen LogP contribution >= 0.6 is 0 Å². The van der Waals surface area contributed by atoms with E-state index in [9.17, 15) is 14.4 Å². The highest BCUT2D eigenvalue weighted by Gasteiger charge is 2.36. The van der Waals surface area contributed by atoms with E-state index in [1.165, 1.54) is 6.26 Å². The zero-order valence-corrected chi connectivity index (χ0v) is 19.9. The van der Waals surface area contributed by atoms with Gasteiger partial charge in [0.15, 0.2) is 5.76 Å². The highest BCUT2D eigenvalue weighted by atomic mass is 16.5. The van der Waals surface area contributed by atoms with Crippen LogP contribution in [0.5, 0.6) is 5.75 Å². The van der Waals surface area contributed by atoms with E-state index in [1.807, 2.05) is 31.2 Å². The normalized spacial score (nSPS) is 18.6. The molecule has 3 heterocycles. The molecule has 3 amide bonds. The lowest BCUT2D eigenvalue weighted by molar-refractivity contribution is -0.139. The van der Waals surface area contributed by atoms with E-state index in [4.69, 9.17) is 13.9 Å². The van der Waals surface area contributed by atoms with Crippen LogP contribution in [0.15, 0.2) is 58.3 Å². The molecule has 0 aliphatic carbocycles. The lowest BCUT2D eigenvalue weighted by Crippen LogP contribution is -2.52. The summed E-state index contributed by atoms with van der Waals surface area (Å²) in [5, 5.41) is 5.67. The van der Waals surface area contributed by atoms with Crippen molar-refractivity contribution in [2.75, 3.05) is 45.9 Å². The van der Waals surface area contributed by atoms with Gasteiger partial charge in [-0.3, -0.25) is 9.69 Å². The van der Waals surface area contributed by atoms with E-state index < -0.39 is 18.0 Å². The lowest BCUT2D eigenvalue weighted by atomic mass is 9.94. The van der Waals surface area contributed by atoms with Gasteiger partial charge in [-0.15, -0.1) is 0 Å². The van der Waals surface area contributed by atoms with Crippen molar-refractivity contribution < 1.29 is 28.3 Å². The fraction of sp³-hybridized carbons (Fsp3) is 0.400. The number of piperazine rings is 1. The van der Waals surface area contributed by atoms with E-state index in [0.717, 1.165) is 0 Å². The van der Waals surface area contributed by atoms with Crippen molar-refractivity contribution in [3.05, 3.63) is 65.3 Å². The molecule has 2 N–H and O–H groups in total. The first kappa shape index (κ1) is 24.3. The zero-order chi connectivity index (χ0) is 24.8. The van der Waals surface area contributed by atoms with Gasteiger partial charge < -0.3 is 29.4 Å². The maximum Gasteiger partial charge on any atom is 0.338 e. The Morgan fingerprint density at radius 3 is 2.51 bits per heavy atom. The van der Waals surface area contributed by atoms with E-state index in [1.54, 1.807) is 24.0 Å². The van der Waals surface area contributed by atoms with Gasteiger partial charge in [-0.25, -0.2) is 9.59 Å². The first-order valence-electron chi connectivity index (χ1n) is 11.8. The van der Waals surface area contributed by atoms with E-state index >= 15 is 0 Å². The number of rotatable bonds is 8. The fourth-order valence-electron chi connectivity index (χ4n) is 4.32. The number of esters is 1. The quantitative estimate of drug-likeness (QED) is 0.555. The smallest absolute Gasteiger partial charge is 0.338 e. The van der Waals surface area contributed by atoms with Gasteiger partial charge >= 0.3 is 12.0 Å². The molecule has 1 fully saturated rings. The van der Waals surface area contributed by atoms with Gasteiger partial charge in [-0.05, 0) is 32.0 Å². The fourth-order valence-corrected chi connectivity index (χ4v) is 4.32. The van der Waals surface area contributed by atoms with Gasteiger partial charge in [0.2, 0.25) is 0 Å². The molecule has 2 aliphatic heterocycles. The maximum absolute atomic E-state index is 13.1. The molecule has 2 aromatic rings. The van der Waals surface area contributed by atoms with Gasteiger partial charge in [0.1, 0.15) is 5.75 Å². The van der Waals surface area contributed by atoms with Crippen LogP contribution in [-0.2, 0) is 9.53 Å². The summed E-state index contributed by atoms with van der Waals surface area (Å²) >= 11 is 0. The van der Waals surface area contributed by atoms with E-state index in [-0.39, 0.29) is 12.5 Å². The van der Waals surface area contributed by atoms with Crippen molar-refractivity contribution in [2.24, 2.45) is 0 Å². The standard InChI is InChI=1S/C25H30N4O6/c1-3-33-19-9-6-5-8-17(19)22-21(24(31)34-4-2)18(26-25(32)27-22)16-28-11-13-29(14-12-28)23(30)20-10-7-15-35-20/h5-10,15,22H,3-4,11-14,16H2,1-2H3,(H2,26,27,32). The highest BCUT2D eigenvalue weighted by molar-refractivity contribution is 5.95. The third kappa shape index (κ3) is 5.48. The Bertz CT molecular complexity index is 1090. The lowest BCUT2D eigenvalue weighted by Gasteiger charge is -2.37. The number of benzene rings is 1. The number of urea groups is 1. The minimum absolute atomic E-state index is 0.149. The third-order valence-corrected chi connectivity index (χ3v) is 5.95. The van der Waals surface area contributed by atoms with Crippen LogP contribution in [-0.4, -0.2) is 73.6 Å². The molecule has 1 atom stereocenters. The number of nitrogens with one attached hydrogen (secondary N) is 2. The number of para-hydroxylation sites is 1. The van der Waals surface area contributed by atoms with Crippen LogP contribution < -0.4 is 15.4 Å². The molecule has 1 unspecified atom stereocenters. The molecule has 35 heavy (non-hydrogen) atoms. The van der Waals surface area contributed by atoms with Crippen LogP contribution in [0.25, 0.3) is 0 Å². The largest absolute Gasteiger partial charge is 0.494 e. The van der Waals surface area contributed by atoms with E-state index in [0.29, 0.717) is 67.7 Å². The Labute approximate surface area is 203 Å². The Hall–Kier alpha value is -3.79. The van der Waals surface area contributed by atoms with Crippen molar-refractivity contribution in [1.29, 1.82) is 0 Å². The summed E-state index contributed by atoms with van der Waals surface area (Å²) in [5.74, 6) is 0.252. The highest BCUT2D eigenvalue weighted by Crippen LogP contribution is 2.34. The minimum Gasteiger partial charge on any atom is -0.494 e. The summed E-state index contributed by atoms with van der Waals surface area (Å²) in [7, 11) is 0. The molecule has 2 aliphatic rings. The molecule has 1 aromatic carbocycles. The second-order valence-electron chi connectivity index (χ2n) is 8.16. The molecule has 0 spiro atoms. The summed E-state index contributed by atoms with van der Waals surface area (Å²) in [6.07, 6.45) is 1.48. The molecule has 0 bridgehead atoms. The van der Waals surface area contributed by atoms with Gasteiger partial charge in [-0.1, -0.05) is 18.2 Å². The Morgan fingerprint density at radius 1 is 1.06 bits per heavy atom. The average molecular weight is 483 g/mol. The number of carbonyl (C=O) groups is 3. The van der Waals surface area contributed by atoms with Crippen LogP contribution in [0.2, 0.25) is 0 Å². The molecule has 4 rings (SSSR count). The Kier molecular flexibility index (Phi) is 7.71. The first-order chi connectivity index (χ1) is 17.0. The molecule has 10 nitrogen and oxygen atoms in total. The number of furan rings is 1. The number of carbonyl (C=O) groups excluding carboxylic acids is 3.